The molecule has 0 fully saturated rings. The van der Waals surface area contributed by atoms with Crippen LogP contribution in [-0.2, 0) is 0 Å². The van der Waals surface area contributed by atoms with E-state index in [1.54, 1.807) is 24.3 Å². The Bertz CT molecular complexity index is 289. The molecule has 78 valence electrons. The second kappa shape index (κ2) is 3.90. The molecule has 0 saturated carbocycles. The summed E-state index contributed by atoms with van der Waals surface area (Å²) in [6.07, 6.45) is -4.20. The number of alkyl halides is 3. The average Bonchev–Trinajstić information content (AvgIpc) is 2.07. The van der Waals surface area contributed by atoms with Crippen molar-refractivity contribution in [1.29, 1.82) is 0 Å². The minimum absolute atomic E-state index is 0.487. The van der Waals surface area contributed by atoms with Crippen LogP contribution in [0.2, 0.25) is 0 Å². The monoisotopic (exact) mass is 203 g/mol. The molecule has 1 rings (SSSR count). The topological polar surface area (TPSA) is 12.0 Å². The van der Waals surface area contributed by atoms with Gasteiger partial charge in [0.1, 0.15) is 6.04 Å². The Labute approximate surface area is 80.9 Å². The molecular formula is C10H12F3N. The van der Waals surface area contributed by atoms with E-state index in [1.807, 2.05) is 6.92 Å². The fourth-order valence-electron chi connectivity index (χ4n) is 0.982. The molecule has 1 aromatic carbocycles. The molecule has 0 spiro atoms. The molecule has 0 saturated heterocycles. The Hall–Kier alpha value is -1.19. The van der Waals surface area contributed by atoms with Gasteiger partial charge in [0.25, 0.3) is 0 Å². The van der Waals surface area contributed by atoms with Crippen LogP contribution in [0.4, 0.5) is 18.9 Å². The lowest BCUT2D eigenvalue weighted by Crippen LogP contribution is -2.32. The first-order valence-electron chi connectivity index (χ1n) is 4.29. The minimum atomic E-state index is -4.20. The Kier molecular flexibility index (Phi) is 3.03. The van der Waals surface area contributed by atoms with Crippen LogP contribution in [0.5, 0.6) is 0 Å². The molecule has 14 heavy (non-hydrogen) atoms. The van der Waals surface area contributed by atoms with Crippen LogP contribution in [-0.4, -0.2) is 12.2 Å². The lowest BCUT2D eigenvalue weighted by Gasteiger charge is -2.18. The molecule has 0 aromatic heterocycles. The third-order valence-electron chi connectivity index (χ3n) is 1.93. The van der Waals surface area contributed by atoms with Crippen molar-refractivity contribution in [2.75, 3.05) is 5.32 Å². The van der Waals surface area contributed by atoms with Crippen molar-refractivity contribution in [3.05, 3.63) is 29.8 Å². The van der Waals surface area contributed by atoms with Crippen LogP contribution in [0.3, 0.4) is 0 Å². The van der Waals surface area contributed by atoms with E-state index in [9.17, 15) is 13.2 Å². The van der Waals surface area contributed by atoms with Gasteiger partial charge in [-0.05, 0) is 26.0 Å². The van der Waals surface area contributed by atoms with Crippen molar-refractivity contribution in [2.24, 2.45) is 0 Å². The predicted molar refractivity (Wildman–Crippen MR) is 50.3 cm³/mol. The van der Waals surface area contributed by atoms with Crippen LogP contribution in [0.15, 0.2) is 24.3 Å². The summed E-state index contributed by atoms with van der Waals surface area (Å²) in [5.41, 5.74) is 1.51. The highest BCUT2D eigenvalue weighted by atomic mass is 19.4. The van der Waals surface area contributed by atoms with Crippen molar-refractivity contribution in [3.8, 4) is 0 Å². The molecule has 0 aliphatic rings. The standard InChI is InChI=1S/C10H12F3N/c1-7-3-5-9(6-4-7)14-8(2)10(11,12)13/h3-6,8,14H,1-2H3. The lowest BCUT2D eigenvalue weighted by molar-refractivity contribution is -0.138. The number of aryl methyl sites for hydroxylation is 1. The van der Waals surface area contributed by atoms with Gasteiger partial charge in [0.15, 0.2) is 0 Å². The van der Waals surface area contributed by atoms with E-state index in [0.717, 1.165) is 12.5 Å². The second-order valence-electron chi connectivity index (χ2n) is 3.27. The third-order valence-corrected chi connectivity index (χ3v) is 1.93. The van der Waals surface area contributed by atoms with Gasteiger partial charge in [0.05, 0.1) is 0 Å². The molecule has 1 aromatic rings. The number of halogens is 3. The summed E-state index contributed by atoms with van der Waals surface area (Å²) in [4.78, 5) is 0. The van der Waals surface area contributed by atoms with E-state index in [2.05, 4.69) is 5.32 Å². The zero-order valence-electron chi connectivity index (χ0n) is 8.02. The third kappa shape index (κ3) is 2.94. The predicted octanol–water partition coefficient (Wildman–Crippen LogP) is 3.36. The zero-order valence-corrected chi connectivity index (χ0v) is 8.02. The fourth-order valence-corrected chi connectivity index (χ4v) is 0.982. The van der Waals surface area contributed by atoms with Crippen LogP contribution >= 0.6 is 0 Å². The molecule has 0 aliphatic heterocycles. The molecule has 0 amide bonds. The SMILES string of the molecule is Cc1ccc(NC(C)C(F)(F)F)cc1. The molecule has 0 bridgehead atoms. The highest BCUT2D eigenvalue weighted by Gasteiger charge is 2.35. The summed E-state index contributed by atoms with van der Waals surface area (Å²) in [5.74, 6) is 0. The Balaban J connectivity index is 2.65. The van der Waals surface area contributed by atoms with Crippen LogP contribution in [0.1, 0.15) is 12.5 Å². The van der Waals surface area contributed by atoms with Gasteiger partial charge in [-0.1, -0.05) is 17.7 Å². The highest BCUT2D eigenvalue weighted by molar-refractivity contribution is 5.45. The summed E-state index contributed by atoms with van der Waals surface area (Å²) in [5, 5.41) is 2.38. The number of hydrogen-bond acceptors (Lipinski definition) is 1. The Morgan fingerprint density at radius 2 is 1.64 bits per heavy atom. The van der Waals surface area contributed by atoms with E-state index in [1.165, 1.54) is 0 Å². The van der Waals surface area contributed by atoms with Crippen LogP contribution in [0, 0.1) is 6.92 Å². The maximum Gasteiger partial charge on any atom is 0.408 e. The molecule has 4 heteroatoms. The van der Waals surface area contributed by atoms with E-state index in [0.29, 0.717) is 5.69 Å². The van der Waals surface area contributed by atoms with Gasteiger partial charge in [-0.15, -0.1) is 0 Å². The smallest absolute Gasteiger partial charge is 0.374 e. The molecule has 0 heterocycles. The van der Waals surface area contributed by atoms with E-state index < -0.39 is 12.2 Å². The van der Waals surface area contributed by atoms with Gasteiger partial charge < -0.3 is 5.32 Å². The van der Waals surface area contributed by atoms with Gasteiger partial charge in [0.2, 0.25) is 0 Å². The molecular weight excluding hydrogens is 191 g/mol. The molecule has 1 N–H and O–H groups in total. The fraction of sp³-hybridized carbons (Fsp3) is 0.400. The quantitative estimate of drug-likeness (QED) is 0.777. The van der Waals surface area contributed by atoms with Crippen molar-refractivity contribution in [2.45, 2.75) is 26.1 Å². The first-order chi connectivity index (χ1) is 6.39. The number of hydrogen-bond donors (Lipinski definition) is 1. The van der Waals surface area contributed by atoms with E-state index >= 15 is 0 Å². The maximum atomic E-state index is 12.2. The summed E-state index contributed by atoms with van der Waals surface area (Å²) < 4.78 is 36.5. The largest absolute Gasteiger partial charge is 0.408 e. The van der Waals surface area contributed by atoms with Gasteiger partial charge in [-0.25, -0.2) is 0 Å². The highest BCUT2D eigenvalue weighted by Crippen LogP contribution is 2.23. The average molecular weight is 203 g/mol. The van der Waals surface area contributed by atoms with Crippen molar-refractivity contribution in [1.82, 2.24) is 0 Å². The number of anilines is 1. The summed E-state index contributed by atoms with van der Waals surface area (Å²) in [6, 6.07) is 5.29. The Morgan fingerprint density at radius 1 is 1.14 bits per heavy atom. The number of nitrogens with one attached hydrogen (secondary N) is 1. The van der Waals surface area contributed by atoms with Crippen molar-refractivity contribution >= 4 is 5.69 Å². The van der Waals surface area contributed by atoms with Gasteiger partial charge in [-0.3, -0.25) is 0 Å². The number of rotatable bonds is 2. The lowest BCUT2D eigenvalue weighted by atomic mass is 10.2. The minimum Gasteiger partial charge on any atom is -0.374 e. The van der Waals surface area contributed by atoms with Crippen LogP contribution < -0.4 is 5.32 Å². The maximum absolute atomic E-state index is 12.2. The normalized spacial score (nSPS) is 13.8. The first kappa shape index (κ1) is 10.9. The molecule has 1 atom stereocenters. The summed E-state index contributed by atoms with van der Waals surface area (Å²) in [7, 11) is 0. The van der Waals surface area contributed by atoms with Crippen LogP contribution in [0.25, 0.3) is 0 Å². The van der Waals surface area contributed by atoms with E-state index in [-0.39, 0.29) is 0 Å². The molecule has 1 nitrogen and oxygen atoms in total. The molecule has 0 radical (unpaired) electrons. The van der Waals surface area contributed by atoms with E-state index in [4.69, 9.17) is 0 Å². The van der Waals surface area contributed by atoms with Gasteiger partial charge in [-0.2, -0.15) is 13.2 Å². The Morgan fingerprint density at radius 3 is 2.07 bits per heavy atom. The molecule has 1 unspecified atom stereocenters. The van der Waals surface area contributed by atoms with Gasteiger partial charge in [0, 0.05) is 5.69 Å². The van der Waals surface area contributed by atoms with Gasteiger partial charge >= 0.3 is 6.18 Å². The van der Waals surface area contributed by atoms with Crippen molar-refractivity contribution < 1.29 is 13.2 Å². The molecule has 0 aliphatic carbocycles. The van der Waals surface area contributed by atoms with Crippen molar-refractivity contribution in [3.63, 3.8) is 0 Å². The zero-order chi connectivity index (χ0) is 10.8. The first-order valence-corrected chi connectivity index (χ1v) is 4.29. The number of benzene rings is 1. The summed E-state index contributed by atoms with van der Waals surface area (Å²) >= 11 is 0. The second-order valence-corrected chi connectivity index (χ2v) is 3.27. The summed E-state index contributed by atoms with van der Waals surface area (Å²) in [6.45, 7) is 2.98.